The first-order valence-corrected chi connectivity index (χ1v) is 11.8. The molecule has 0 radical (unpaired) electrons. The van der Waals surface area contributed by atoms with Crippen LogP contribution in [0.5, 0.6) is 0 Å². The van der Waals surface area contributed by atoms with E-state index in [4.69, 9.17) is 0 Å². The first-order chi connectivity index (χ1) is 16.2. The first kappa shape index (κ1) is 25.5. The molecule has 180 valence electrons. The lowest BCUT2D eigenvalue weighted by Crippen LogP contribution is -2.52. The molecule has 3 rings (SSSR count). The molecule has 2 unspecified atom stereocenters. The zero-order valence-electron chi connectivity index (χ0n) is 18.8. The summed E-state index contributed by atoms with van der Waals surface area (Å²) in [6.45, 7) is 3.44. The van der Waals surface area contributed by atoms with Gasteiger partial charge < -0.3 is 20.4 Å². The molecule has 0 aromatic heterocycles. The fourth-order valence-corrected chi connectivity index (χ4v) is 4.76. The molecule has 0 saturated heterocycles. The number of halogens is 1. The number of carboxylic acids is 1. The zero-order chi connectivity index (χ0) is 24.8. The van der Waals surface area contributed by atoms with Crippen LogP contribution < -0.4 is 5.32 Å². The standard InChI is InChI=1S/C25H27FN2O5S/c1-15(2)23-24(31)28(20(14-34-23)17-8-10-18(26)11-9-17)13-21(29)27-19(22(30)25(32)33)12-16-6-4-3-5-7-16/h3-11,14-15,19,22-23,30H,12-13H2,1-2H3,(H,27,29)(H,32,33)/t19-,22?,23?/m0/s1. The number of benzene rings is 2. The number of carbonyl (C=O) groups excluding carboxylic acids is 2. The number of nitrogens with zero attached hydrogens (tertiary/aromatic N) is 1. The first-order valence-electron chi connectivity index (χ1n) is 10.8. The number of carboxylic acid groups (broad SMARTS) is 1. The molecule has 0 bridgehead atoms. The second-order valence-electron chi connectivity index (χ2n) is 8.38. The molecular formula is C25H27FN2O5S. The Morgan fingerprint density at radius 3 is 2.35 bits per heavy atom. The van der Waals surface area contributed by atoms with Gasteiger partial charge >= 0.3 is 5.97 Å². The Labute approximate surface area is 201 Å². The van der Waals surface area contributed by atoms with Crippen LogP contribution in [0.2, 0.25) is 0 Å². The van der Waals surface area contributed by atoms with Crippen molar-refractivity contribution in [1.29, 1.82) is 0 Å². The Balaban J connectivity index is 1.83. The van der Waals surface area contributed by atoms with Crippen molar-refractivity contribution in [2.75, 3.05) is 6.54 Å². The lowest BCUT2D eigenvalue weighted by atomic mass is 10.0. The van der Waals surface area contributed by atoms with E-state index in [0.717, 1.165) is 5.56 Å². The van der Waals surface area contributed by atoms with Crippen molar-refractivity contribution >= 4 is 35.2 Å². The van der Waals surface area contributed by atoms with Gasteiger partial charge in [0, 0.05) is 0 Å². The van der Waals surface area contributed by atoms with Gasteiger partial charge in [0.25, 0.3) is 0 Å². The minimum absolute atomic E-state index is 0.00809. The van der Waals surface area contributed by atoms with Gasteiger partial charge in [0.1, 0.15) is 12.4 Å². The normalized spacial score (nSPS) is 17.8. The van der Waals surface area contributed by atoms with Crippen LogP contribution in [0.4, 0.5) is 4.39 Å². The molecule has 0 spiro atoms. The average molecular weight is 487 g/mol. The number of thioether (sulfide) groups is 1. The summed E-state index contributed by atoms with van der Waals surface area (Å²) in [5, 5.41) is 23.4. The molecule has 9 heteroatoms. The Kier molecular flexibility index (Phi) is 8.46. The molecule has 1 aliphatic heterocycles. The number of hydrogen-bond acceptors (Lipinski definition) is 5. The molecule has 2 aromatic carbocycles. The Bertz CT molecular complexity index is 1060. The van der Waals surface area contributed by atoms with Crippen LogP contribution >= 0.6 is 11.8 Å². The van der Waals surface area contributed by atoms with Gasteiger partial charge in [-0.15, -0.1) is 11.8 Å². The molecule has 0 saturated carbocycles. The van der Waals surface area contributed by atoms with E-state index >= 15 is 0 Å². The second kappa shape index (κ2) is 11.3. The summed E-state index contributed by atoms with van der Waals surface area (Å²) in [5.41, 5.74) is 1.77. The third kappa shape index (κ3) is 6.24. The highest BCUT2D eigenvalue weighted by Gasteiger charge is 2.36. The number of aliphatic carboxylic acids is 1. The molecule has 0 aliphatic carbocycles. The molecule has 1 aliphatic rings. The van der Waals surface area contributed by atoms with Crippen molar-refractivity contribution in [3.05, 3.63) is 76.9 Å². The fourth-order valence-electron chi connectivity index (χ4n) is 3.66. The number of amides is 2. The number of carbonyl (C=O) groups is 3. The van der Waals surface area contributed by atoms with Gasteiger partial charge in [-0.1, -0.05) is 44.2 Å². The summed E-state index contributed by atoms with van der Waals surface area (Å²) in [6.07, 6.45) is -1.73. The van der Waals surface area contributed by atoms with E-state index in [-0.39, 0.29) is 24.8 Å². The van der Waals surface area contributed by atoms with Crippen molar-refractivity contribution in [1.82, 2.24) is 10.2 Å². The monoisotopic (exact) mass is 486 g/mol. The summed E-state index contributed by atoms with van der Waals surface area (Å²) in [6, 6.07) is 13.4. The lowest BCUT2D eigenvalue weighted by Gasteiger charge is -2.34. The van der Waals surface area contributed by atoms with Crippen molar-refractivity contribution in [2.24, 2.45) is 5.92 Å². The number of hydrogen-bond donors (Lipinski definition) is 3. The summed E-state index contributed by atoms with van der Waals surface area (Å²) < 4.78 is 13.4. The van der Waals surface area contributed by atoms with Gasteiger partial charge in [-0.05, 0) is 53.1 Å². The second-order valence-corrected chi connectivity index (χ2v) is 9.40. The van der Waals surface area contributed by atoms with Crippen molar-refractivity contribution in [3.8, 4) is 0 Å². The predicted octanol–water partition coefficient (Wildman–Crippen LogP) is 2.90. The van der Waals surface area contributed by atoms with Gasteiger partial charge in [0.15, 0.2) is 6.10 Å². The van der Waals surface area contributed by atoms with Crippen molar-refractivity contribution in [2.45, 2.75) is 37.7 Å². The number of aliphatic hydroxyl groups is 1. The third-order valence-corrected chi connectivity index (χ3v) is 6.85. The van der Waals surface area contributed by atoms with Crippen LogP contribution in [-0.4, -0.2) is 56.8 Å². The average Bonchev–Trinajstić information content (AvgIpc) is 2.80. The van der Waals surface area contributed by atoms with Gasteiger partial charge in [0.05, 0.1) is 17.0 Å². The fraction of sp³-hybridized carbons (Fsp3) is 0.320. The SMILES string of the molecule is CC(C)C1SC=C(c2ccc(F)cc2)N(CC(=O)N[C@@H](Cc2ccccc2)C(O)C(=O)O)C1=O. The number of rotatable bonds is 9. The van der Waals surface area contributed by atoms with Crippen LogP contribution in [0, 0.1) is 11.7 Å². The minimum atomic E-state index is -1.83. The van der Waals surface area contributed by atoms with Gasteiger partial charge in [-0.2, -0.15) is 0 Å². The maximum Gasteiger partial charge on any atom is 0.334 e. The predicted molar refractivity (Wildman–Crippen MR) is 128 cm³/mol. The van der Waals surface area contributed by atoms with Gasteiger partial charge in [-0.3, -0.25) is 9.59 Å². The maximum atomic E-state index is 13.4. The molecule has 7 nitrogen and oxygen atoms in total. The van der Waals surface area contributed by atoms with E-state index in [1.807, 2.05) is 13.8 Å². The summed E-state index contributed by atoms with van der Waals surface area (Å²) >= 11 is 1.35. The van der Waals surface area contributed by atoms with Crippen LogP contribution in [0.25, 0.3) is 5.70 Å². The molecular weight excluding hydrogens is 459 g/mol. The van der Waals surface area contributed by atoms with Crippen LogP contribution in [0.1, 0.15) is 25.0 Å². The van der Waals surface area contributed by atoms with E-state index in [0.29, 0.717) is 11.3 Å². The molecule has 3 atom stereocenters. The van der Waals surface area contributed by atoms with Crippen LogP contribution in [-0.2, 0) is 20.8 Å². The van der Waals surface area contributed by atoms with E-state index in [1.165, 1.54) is 40.9 Å². The summed E-state index contributed by atoms with van der Waals surface area (Å²) in [7, 11) is 0. The summed E-state index contributed by atoms with van der Waals surface area (Å²) in [4.78, 5) is 39.0. The van der Waals surface area contributed by atoms with Gasteiger partial charge in [-0.25, -0.2) is 9.18 Å². The highest BCUT2D eigenvalue weighted by atomic mass is 32.2. The van der Waals surface area contributed by atoms with Crippen LogP contribution in [0.3, 0.4) is 0 Å². The quantitative estimate of drug-likeness (QED) is 0.503. The van der Waals surface area contributed by atoms with E-state index in [2.05, 4.69) is 5.32 Å². The molecule has 0 fully saturated rings. The van der Waals surface area contributed by atoms with Crippen LogP contribution in [0.15, 0.2) is 60.0 Å². The highest BCUT2D eigenvalue weighted by molar-refractivity contribution is 8.03. The van der Waals surface area contributed by atoms with Crippen molar-refractivity contribution < 1.29 is 29.0 Å². The molecule has 2 aromatic rings. The Morgan fingerprint density at radius 1 is 1.12 bits per heavy atom. The smallest absolute Gasteiger partial charge is 0.334 e. The maximum absolute atomic E-state index is 13.4. The molecule has 2 amide bonds. The molecule has 1 heterocycles. The summed E-state index contributed by atoms with van der Waals surface area (Å²) in [5.74, 6) is -2.76. The minimum Gasteiger partial charge on any atom is -0.479 e. The largest absolute Gasteiger partial charge is 0.479 e. The lowest BCUT2D eigenvalue weighted by molar-refractivity contribution is -0.148. The van der Waals surface area contributed by atoms with E-state index in [1.54, 1.807) is 35.7 Å². The van der Waals surface area contributed by atoms with Gasteiger partial charge in [0.2, 0.25) is 11.8 Å². The van der Waals surface area contributed by atoms with E-state index < -0.39 is 35.1 Å². The molecule has 3 N–H and O–H groups in total. The molecule has 34 heavy (non-hydrogen) atoms. The number of nitrogens with one attached hydrogen (secondary N) is 1. The van der Waals surface area contributed by atoms with E-state index in [9.17, 15) is 29.0 Å². The zero-order valence-corrected chi connectivity index (χ0v) is 19.7. The third-order valence-electron chi connectivity index (χ3n) is 5.45. The Morgan fingerprint density at radius 2 is 1.76 bits per heavy atom. The number of aliphatic hydroxyl groups excluding tert-OH is 1. The topological polar surface area (TPSA) is 107 Å². The Hall–Kier alpha value is -3.17. The highest BCUT2D eigenvalue weighted by Crippen LogP contribution is 2.35. The van der Waals surface area contributed by atoms with Crippen molar-refractivity contribution in [3.63, 3.8) is 0 Å².